The van der Waals surface area contributed by atoms with Crippen molar-refractivity contribution in [3.8, 4) is 6.07 Å². The number of carbonyl (C=O) groups is 1. The number of aromatic amines is 1. The molecule has 1 rings (SSSR count). The smallest absolute Gasteiger partial charge is 0.310 e. The fourth-order valence-corrected chi connectivity index (χ4v) is 1.47. The lowest BCUT2D eigenvalue weighted by atomic mass is 10.0. The zero-order valence-corrected chi connectivity index (χ0v) is 9.50. The molecule has 0 atom stereocenters. The molecule has 1 aromatic rings. The van der Waals surface area contributed by atoms with E-state index in [9.17, 15) is 18.4 Å². The van der Waals surface area contributed by atoms with Crippen molar-refractivity contribution in [2.75, 3.05) is 6.61 Å². The fourth-order valence-electron chi connectivity index (χ4n) is 1.47. The molecule has 96 valence electrons. The second kappa shape index (κ2) is 5.91. The third-order valence-corrected chi connectivity index (χ3v) is 2.14. The van der Waals surface area contributed by atoms with Gasteiger partial charge in [0.2, 0.25) is 5.56 Å². The highest BCUT2D eigenvalue weighted by atomic mass is 19.3. The van der Waals surface area contributed by atoms with Crippen LogP contribution in [0.1, 0.15) is 30.2 Å². The first-order valence-corrected chi connectivity index (χ1v) is 5.09. The molecule has 1 aromatic heterocycles. The Morgan fingerprint density at radius 3 is 2.78 bits per heavy atom. The number of nitriles is 1. The van der Waals surface area contributed by atoms with Gasteiger partial charge < -0.3 is 9.72 Å². The average molecular weight is 256 g/mol. The largest absolute Gasteiger partial charge is 0.466 e. The number of rotatable bonds is 4. The number of pyridine rings is 1. The monoisotopic (exact) mass is 256 g/mol. The topological polar surface area (TPSA) is 83.0 Å². The van der Waals surface area contributed by atoms with Crippen LogP contribution in [0.5, 0.6) is 0 Å². The molecule has 0 aromatic carbocycles. The Bertz CT molecular complexity index is 546. The summed E-state index contributed by atoms with van der Waals surface area (Å²) in [5.74, 6) is -0.728. The molecule has 18 heavy (non-hydrogen) atoms. The number of hydrogen-bond donors (Lipinski definition) is 1. The van der Waals surface area contributed by atoms with E-state index in [-0.39, 0.29) is 12.2 Å². The summed E-state index contributed by atoms with van der Waals surface area (Å²) in [5, 5.41) is 8.68. The maximum atomic E-state index is 12.8. The van der Waals surface area contributed by atoms with Crippen molar-refractivity contribution < 1.29 is 18.3 Å². The van der Waals surface area contributed by atoms with Crippen molar-refractivity contribution >= 4 is 5.97 Å². The second-order valence-electron chi connectivity index (χ2n) is 3.34. The highest BCUT2D eigenvalue weighted by Gasteiger charge is 2.21. The van der Waals surface area contributed by atoms with Gasteiger partial charge >= 0.3 is 5.97 Å². The minimum atomic E-state index is -2.96. The van der Waals surface area contributed by atoms with Crippen molar-refractivity contribution in [3.63, 3.8) is 0 Å². The van der Waals surface area contributed by atoms with Crippen LogP contribution in [0.25, 0.3) is 0 Å². The number of aromatic nitrogens is 1. The lowest BCUT2D eigenvalue weighted by Crippen LogP contribution is -2.17. The van der Waals surface area contributed by atoms with Crippen molar-refractivity contribution in [1.82, 2.24) is 4.98 Å². The summed E-state index contributed by atoms with van der Waals surface area (Å²) >= 11 is 0. The summed E-state index contributed by atoms with van der Waals surface area (Å²) in [6.45, 7) is 1.68. The van der Waals surface area contributed by atoms with Crippen LogP contribution in [0.3, 0.4) is 0 Å². The summed E-state index contributed by atoms with van der Waals surface area (Å²) in [6.07, 6.45) is -3.42. The van der Waals surface area contributed by atoms with Crippen molar-refractivity contribution in [2.45, 2.75) is 19.8 Å². The van der Waals surface area contributed by atoms with Gasteiger partial charge in [-0.2, -0.15) is 5.26 Å². The minimum absolute atomic E-state index is 0.108. The van der Waals surface area contributed by atoms with Gasteiger partial charge in [0.1, 0.15) is 11.8 Å². The molecule has 0 radical (unpaired) electrons. The maximum Gasteiger partial charge on any atom is 0.310 e. The first-order valence-electron chi connectivity index (χ1n) is 5.09. The highest BCUT2D eigenvalue weighted by Crippen LogP contribution is 2.24. The summed E-state index contributed by atoms with van der Waals surface area (Å²) in [7, 11) is 0. The van der Waals surface area contributed by atoms with Gasteiger partial charge in [-0.3, -0.25) is 9.59 Å². The molecule has 0 unspecified atom stereocenters. The Hall–Kier alpha value is -2.23. The zero-order chi connectivity index (χ0) is 13.7. The first-order chi connectivity index (χ1) is 8.49. The molecule has 0 aliphatic heterocycles. The Morgan fingerprint density at radius 2 is 2.28 bits per heavy atom. The predicted molar refractivity (Wildman–Crippen MR) is 57.1 cm³/mol. The quantitative estimate of drug-likeness (QED) is 0.823. The molecule has 0 aliphatic carbocycles. The molecular formula is C11H10F2N2O3. The number of nitrogens with one attached hydrogen (secondary N) is 1. The van der Waals surface area contributed by atoms with E-state index in [0.29, 0.717) is 0 Å². The maximum absolute atomic E-state index is 12.8. The van der Waals surface area contributed by atoms with Gasteiger partial charge in [-0.25, -0.2) is 8.78 Å². The van der Waals surface area contributed by atoms with Crippen LogP contribution >= 0.6 is 0 Å². The number of ether oxygens (including phenoxy) is 1. The van der Waals surface area contributed by atoms with Gasteiger partial charge in [-0.1, -0.05) is 0 Å². The van der Waals surface area contributed by atoms with Gasteiger partial charge in [0.15, 0.2) is 0 Å². The van der Waals surface area contributed by atoms with Gasteiger partial charge in [-0.15, -0.1) is 0 Å². The lowest BCUT2D eigenvalue weighted by Gasteiger charge is -2.09. The van der Waals surface area contributed by atoms with Crippen LogP contribution in [0.15, 0.2) is 10.9 Å². The Morgan fingerprint density at radius 1 is 1.61 bits per heavy atom. The number of alkyl halides is 2. The number of nitrogens with zero attached hydrogens (tertiary/aromatic N) is 1. The van der Waals surface area contributed by atoms with Crippen molar-refractivity contribution in [2.24, 2.45) is 0 Å². The van der Waals surface area contributed by atoms with E-state index in [1.54, 1.807) is 6.92 Å². The van der Waals surface area contributed by atoms with E-state index in [0.717, 1.165) is 6.07 Å². The van der Waals surface area contributed by atoms with Crippen LogP contribution in [0.4, 0.5) is 8.78 Å². The predicted octanol–water partition coefficient (Wildman–Crippen LogP) is 1.29. The van der Waals surface area contributed by atoms with Gasteiger partial charge in [0.05, 0.1) is 18.6 Å². The Labute approximate surface area is 101 Å². The molecule has 0 bridgehead atoms. The molecule has 0 fully saturated rings. The van der Waals surface area contributed by atoms with E-state index in [1.165, 1.54) is 6.07 Å². The Kier molecular flexibility index (Phi) is 4.54. The van der Waals surface area contributed by atoms with Gasteiger partial charge in [0, 0.05) is 6.07 Å². The minimum Gasteiger partial charge on any atom is -0.466 e. The van der Waals surface area contributed by atoms with Crippen molar-refractivity contribution in [3.05, 3.63) is 33.2 Å². The number of esters is 1. The average Bonchev–Trinajstić information content (AvgIpc) is 2.27. The van der Waals surface area contributed by atoms with E-state index in [1.807, 2.05) is 4.98 Å². The second-order valence-corrected chi connectivity index (χ2v) is 3.34. The third kappa shape index (κ3) is 3.13. The highest BCUT2D eigenvalue weighted by molar-refractivity contribution is 5.73. The molecule has 0 spiro atoms. The molecule has 1 N–H and O–H groups in total. The molecule has 0 aliphatic rings. The van der Waals surface area contributed by atoms with E-state index >= 15 is 0 Å². The van der Waals surface area contributed by atoms with Crippen LogP contribution in [0.2, 0.25) is 0 Å². The number of carbonyl (C=O) groups excluding carboxylic acids is 1. The fraction of sp³-hybridized carbons (Fsp3) is 0.364. The molecule has 5 nitrogen and oxygen atoms in total. The molecule has 0 saturated carbocycles. The summed E-state index contributed by atoms with van der Waals surface area (Å²) < 4.78 is 30.3. The number of hydrogen-bond acceptors (Lipinski definition) is 4. The molecule has 7 heteroatoms. The third-order valence-electron chi connectivity index (χ3n) is 2.14. The number of H-pyrrole nitrogens is 1. The van der Waals surface area contributed by atoms with Crippen LogP contribution in [0, 0.1) is 11.3 Å². The zero-order valence-electron chi connectivity index (χ0n) is 9.50. The van der Waals surface area contributed by atoms with Crippen molar-refractivity contribution in [1.29, 1.82) is 5.26 Å². The first kappa shape index (κ1) is 13.8. The van der Waals surface area contributed by atoms with E-state index in [4.69, 9.17) is 5.26 Å². The molecule has 1 heterocycles. The molecule has 0 amide bonds. The SMILES string of the molecule is CCOC(=O)Cc1cc(=O)[nH]c(C#N)c1C(F)F. The number of halogens is 2. The summed E-state index contributed by atoms with van der Waals surface area (Å²) in [4.78, 5) is 24.4. The summed E-state index contributed by atoms with van der Waals surface area (Å²) in [5.41, 5.74) is -2.07. The van der Waals surface area contributed by atoms with E-state index < -0.39 is 35.6 Å². The van der Waals surface area contributed by atoms with Crippen LogP contribution < -0.4 is 5.56 Å². The van der Waals surface area contributed by atoms with E-state index in [2.05, 4.69) is 4.74 Å². The molecular weight excluding hydrogens is 246 g/mol. The lowest BCUT2D eigenvalue weighted by molar-refractivity contribution is -0.142. The standard InChI is InChI=1S/C11H10F2N2O3/c1-2-18-9(17)4-6-3-8(16)15-7(5-14)10(6)11(12)13/h3,11H,2,4H2,1H3,(H,15,16). The van der Waals surface area contributed by atoms with Gasteiger partial charge in [0.25, 0.3) is 6.43 Å². The summed E-state index contributed by atoms with van der Waals surface area (Å²) in [6, 6.07) is 2.35. The van der Waals surface area contributed by atoms with Crippen LogP contribution in [-0.2, 0) is 16.0 Å². The van der Waals surface area contributed by atoms with Gasteiger partial charge in [-0.05, 0) is 12.5 Å². The van der Waals surface area contributed by atoms with Crippen LogP contribution in [-0.4, -0.2) is 17.6 Å². The normalized spacial score (nSPS) is 10.2. The molecule has 0 saturated heterocycles. The Balaban J connectivity index is 3.25.